The maximum absolute atomic E-state index is 11.9. The molecule has 1 atom stereocenters. The number of hydrogen-bond donors (Lipinski definition) is 0. The topological polar surface area (TPSA) is 44.8 Å². The number of rotatable bonds is 7. The van der Waals surface area contributed by atoms with Crippen molar-refractivity contribution in [1.29, 1.82) is 0 Å². The highest BCUT2D eigenvalue weighted by Gasteiger charge is 2.30. The molecule has 0 aliphatic carbocycles. The molecular weight excluding hydrogens is 375 g/mol. The molecule has 0 saturated heterocycles. The van der Waals surface area contributed by atoms with Gasteiger partial charge in [-0.1, -0.05) is 42.3 Å². The molecule has 1 unspecified atom stereocenters. The van der Waals surface area contributed by atoms with E-state index in [-0.39, 0.29) is 11.9 Å². The SMILES string of the molecule is CCC(=O)OC(C)C(c1ccc(Cl)cc1OC)c1ccc(Cl)cc1OC. The van der Waals surface area contributed by atoms with E-state index in [0.29, 0.717) is 28.0 Å². The number of methoxy groups -OCH3 is 2. The average Bonchev–Trinajstić information content (AvgIpc) is 2.63. The van der Waals surface area contributed by atoms with E-state index in [1.807, 2.05) is 19.1 Å². The van der Waals surface area contributed by atoms with Crippen LogP contribution in [-0.2, 0) is 9.53 Å². The number of ether oxygens (including phenoxy) is 3. The minimum atomic E-state index is -0.451. The van der Waals surface area contributed by atoms with Crippen LogP contribution in [0, 0.1) is 0 Å². The van der Waals surface area contributed by atoms with Crippen LogP contribution in [0.3, 0.4) is 0 Å². The molecule has 0 amide bonds. The van der Waals surface area contributed by atoms with E-state index < -0.39 is 6.10 Å². The van der Waals surface area contributed by atoms with E-state index in [2.05, 4.69) is 0 Å². The first-order chi connectivity index (χ1) is 12.4. The molecule has 140 valence electrons. The number of carbonyl (C=O) groups excluding carboxylic acids is 1. The van der Waals surface area contributed by atoms with Gasteiger partial charge in [-0.15, -0.1) is 0 Å². The van der Waals surface area contributed by atoms with Crippen molar-refractivity contribution >= 4 is 29.2 Å². The van der Waals surface area contributed by atoms with Gasteiger partial charge in [0.05, 0.1) is 20.1 Å². The molecule has 0 aliphatic rings. The highest BCUT2D eigenvalue weighted by molar-refractivity contribution is 6.31. The summed E-state index contributed by atoms with van der Waals surface area (Å²) >= 11 is 12.2. The second-order valence-electron chi connectivity index (χ2n) is 5.80. The van der Waals surface area contributed by atoms with Gasteiger partial charge >= 0.3 is 5.97 Å². The Morgan fingerprint density at radius 1 is 0.962 bits per heavy atom. The molecule has 0 radical (unpaired) electrons. The highest BCUT2D eigenvalue weighted by Crippen LogP contribution is 2.41. The normalized spacial score (nSPS) is 12.0. The molecule has 0 saturated carbocycles. The van der Waals surface area contributed by atoms with Crippen LogP contribution in [0.1, 0.15) is 37.3 Å². The first-order valence-corrected chi connectivity index (χ1v) is 9.03. The van der Waals surface area contributed by atoms with Gasteiger partial charge in [-0.05, 0) is 31.2 Å². The lowest BCUT2D eigenvalue weighted by molar-refractivity contribution is -0.148. The third-order valence-electron chi connectivity index (χ3n) is 4.14. The second kappa shape index (κ2) is 9.15. The summed E-state index contributed by atoms with van der Waals surface area (Å²) in [6.45, 7) is 3.61. The molecule has 6 heteroatoms. The molecule has 0 aromatic heterocycles. The van der Waals surface area contributed by atoms with Crippen molar-refractivity contribution in [3.63, 3.8) is 0 Å². The van der Waals surface area contributed by atoms with Crippen LogP contribution in [-0.4, -0.2) is 26.3 Å². The van der Waals surface area contributed by atoms with Crippen molar-refractivity contribution in [2.45, 2.75) is 32.3 Å². The molecule has 0 bridgehead atoms. The van der Waals surface area contributed by atoms with Crippen LogP contribution >= 0.6 is 23.2 Å². The summed E-state index contributed by atoms with van der Waals surface area (Å²) < 4.78 is 16.6. The van der Waals surface area contributed by atoms with Gasteiger partial charge in [-0.3, -0.25) is 4.79 Å². The molecule has 0 fully saturated rings. The van der Waals surface area contributed by atoms with Crippen molar-refractivity contribution in [3.8, 4) is 11.5 Å². The fraction of sp³-hybridized carbons (Fsp3) is 0.350. The maximum Gasteiger partial charge on any atom is 0.305 e. The highest BCUT2D eigenvalue weighted by atomic mass is 35.5. The molecule has 4 nitrogen and oxygen atoms in total. The Labute approximate surface area is 164 Å². The largest absolute Gasteiger partial charge is 0.496 e. The van der Waals surface area contributed by atoms with Gasteiger partial charge in [0, 0.05) is 27.6 Å². The summed E-state index contributed by atoms with van der Waals surface area (Å²) in [5.41, 5.74) is 1.68. The fourth-order valence-corrected chi connectivity index (χ4v) is 3.24. The van der Waals surface area contributed by atoms with Crippen molar-refractivity contribution in [2.75, 3.05) is 14.2 Å². The van der Waals surface area contributed by atoms with Crippen LogP contribution in [0.4, 0.5) is 0 Å². The first kappa shape index (κ1) is 20.4. The van der Waals surface area contributed by atoms with Crippen LogP contribution in [0.2, 0.25) is 10.0 Å². The van der Waals surface area contributed by atoms with E-state index >= 15 is 0 Å². The van der Waals surface area contributed by atoms with Gasteiger partial charge in [0.15, 0.2) is 0 Å². The summed E-state index contributed by atoms with van der Waals surface area (Å²) in [6.07, 6.45) is -0.153. The van der Waals surface area contributed by atoms with Crippen LogP contribution in [0.15, 0.2) is 36.4 Å². The zero-order valence-corrected chi connectivity index (χ0v) is 16.7. The molecule has 0 N–H and O–H groups in total. The smallest absolute Gasteiger partial charge is 0.305 e. The number of hydrogen-bond acceptors (Lipinski definition) is 4. The van der Waals surface area contributed by atoms with Crippen molar-refractivity contribution in [2.24, 2.45) is 0 Å². The first-order valence-electron chi connectivity index (χ1n) is 8.27. The van der Waals surface area contributed by atoms with Crippen molar-refractivity contribution in [1.82, 2.24) is 0 Å². The fourth-order valence-electron chi connectivity index (χ4n) is 2.92. The average molecular weight is 397 g/mol. The number of esters is 1. The summed E-state index contributed by atoms with van der Waals surface area (Å²) in [4.78, 5) is 11.9. The maximum atomic E-state index is 11.9. The zero-order chi connectivity index (χ0) is 19.3. The Morgan fingerprint density at radius 2 is 1.42 bits per heavy atom. The molecule has 0 aliphatic heterocycles. The minimum absolute atomic E-state index is 0.275. The zero-order valence-electron chi connectivity index (χ0n) is 15.2. The monoisotopic (exact) mass is 396 g/mol. The molecule has 0 spiro atoms. The van der Waals surface area contributed by atoms with Crippen LogP contribution < -0.4 is 9.47 Å². The molecule has 26 heavy (non-hydrogen) atoms. The Balaban J connectivity index is 2.62. The molecular formula is C20H22Cl2O4. The summed E-state index contributed by atoms with van der Waals surface area (Å²) in [5, 5.41) is 1.12. The summed E-state index contributed by atoms with van der Waals surface area (Å²) in [6, 6.07) is 10.8. The van der Waals surface area contributed by atoms with E-state index in [4.69, 9.17) is 37.4 Å². The lowest BCUT2D eigenvalue weighted by atomic mass is 9.86. The van der Waals surface area contributed by atoms with Gasteiger partial charge < -0.3 is 14.2 Å². The Hall–Kier alpha value is -1.91. The van der Waals surface area contributed by atoms with Gasteiger partial charge in [-0.25, -0.2) is 0 Å². The van der Waals surface area contributed by atoms with E-state index in [0.717, 1.165) is 11.1 Å². The number of benzene rings is 2. The lowest BCUT2D eigenvalue weighted by Gasteiger charge is -2.28. The Kier molecular flexibility index (Phi) is 7.18. The Bertz CT molecular complexity index is 723. The third kappa shape index (κ3) is 4.63. The lowest BCUT2D eigenvalue weighted by Crippen LogP contribution is -2.24. The van der Waals surface area contributed by atoms with Crippen LogP contribution in [0.25, 0.3) is 0 Å². The van der Waals surface area contributed by atoms with Gasteiger partial charge in [0.2, 0.25) is 0 Å². The molecule has 0 heterocycles. The van der Waals surface area contributed by atoms with E-state index in [9.17, 15) is 4.79 Å². The predicted molar refractivity (Wildman–Crippen MR) is 104 cm³/mol. The molecule has 2 aromatic rings. The van der Waals surface area contributed by atoms with Crippen LogP contribution in [0.5, 0.6) is 11.5 Å². The van der Waals surface area contributed by atoms with E-state index in [1.165, 1.54) is 0 Å². The van der Waals surface area contributed by atoms with E-state index in [1.54, 1.807) is 45.4 Å². The minimum Gasteiger partial charge on any atom is -0.496 e. The second-order valence-corrected chi connectivity index (χ2v) is 6.67. The third-order valence-corrected chi connectivity index (χ3v) is 4.61. The van der Waals surface area contributed by atoms with Gasteiger partial charge in [0.1, 0.15) is 17.6 Å². The van der Waals surface area contributed by atoms with Gasteiger partial charge in [0.25, 0.3) is 0 Å². The predicted octanol–water partition coefficient (Wildman–Crippen LogP) is 5.48. The number of halogens is 2. The van der Waals surface area contributed by atoms with Crippen molar-refractivity contribution in [3.05, 3.63) is 57.6 Å². The van der Waals surface area contributed by atoms with Crippen molar-refractivity contribution < 1.29 is 19.0 Å². The molecule has 2 rings (SSSR count). The summed E-state index contributed by atoms with van der Waals surface area (Å²) in [5.74, 6) is 0.631. The van der Waals surface area contributed by atoms with Gasteiger partial charge in [-0.2, -0.15) is 0 Å². The Morgan fingerprint density at radius 3 is 1.81 bits per heavy atom. The molecule has 2 aromatic carbocycles. The standard InChI is InChI=1S/C20H22Cl2O4/c1-5-19(23)26-12(2)20(15-8-6-13(21)10-17(15)24-3)16-9-7-14(22)11-18(16)25-4/h6-12,20H,5H2,1-4H3. The quantitative estimate of drug-likeness (QED) is 0.580. The summed E-state index contributed by atoms with van der Waals surface area (Å²) in [7, 11) is 3.15. The number of carbonyl (C=O) groups is 1.